The fourth-order valence-corrected chi connectivity index (χ4v) is 3.39. The van der Waals surface area contributed by atoms with Gasteiger partial charge in [-0.25, -0.2) is 4.39 Å². The lowest BCUT2D eigenvalue weighted by atomic mass is 9.93. The summed E-state index contributed by atoms with van der Waals surface area (Å²) in [6, 6.07) is 5.05. The van der Waals surface area contributed by atoms with Gasteiger partial charge >= 0.3 is 0 Å². The molecule has 1 aromatic carbocycles. The molecule has 0 aliphatic carbocycles. The maximum atomic E-state index is 13.8. The Kier molecular flexibility index (Phi) is 4.21. The van der Waals surface area contributed by atoms with Crippen LogP contribution in [-0.4, -0.2) is 17.3 Å². The average molecular weight is 252 g/mol. The number of Topliss-reactive ketones (excluding diaryl/α,β-unsaturated/α-hetero) is 1. The standard InChI is InChI=1S/C14H17FOS/c1-10-3-2-4-12(14(10)15)13(16)9-11-5-7-17-8-6-11/h2-4,11H,5-9H2,1H3. The first-order valence-corrected chi connectivity index (χ1v) is 7.20. The Hall–Kier alpha value is -0.830. The lowest BCUT2D eigenvalue weighted by Crippen LogP contribution is -2.15. The van der Waals surface area contributed by atoms with Crippen LogP contribution in [0.25, 0.3) is 0 Å². The number of thioether (sulfide) groups is 1. The van der Waals surface area contributed by atoms with E-state index in [9.17, 15) is 9.18 Å². The molecule has 17 heavy (non-hydrogen) atoms. The van der Waals surface area contributed by atoms with Crippen LogP contribution < -0.4 is 0 Å². The maximum absolute atomic E-state index is 13.8. The minimum atomic E-state index is -0.345. The Labute approximate surface area is 106 Å². The van der Waals surface area contributed by atoms with Crippen LogP contribution >= 0.6 is 11.8 Å². The Bertz CT molecular complexity index is 411. The summed E-state index contributed by atoms with van der Waals surface area (Å²) in [6.07, 6.45) is 2.68. The fraction of sp³-hybridized carbons (Fsp3) is 0.500. The van der Waals surface area contributed by atoms with Crippen LogP contribution in [0, 0.1) is 18.7 Å². The van der Waals surface area contributed by atoms with Crippen molar-refractivity contribution in [1.82, 2.24) is 0 Å². The number of ketones is 1. The van der Waals surface area contributed by atoms with Crippen LogP contribution in [0.5, 0.6) is 0 Å². The van der Waals surface area contributed by atoms with Gasteiger partial charge in [-0.1, -0.05) is 12.1 Å². The minimum absolute atomic E-state index is 0.0388. The molecule has 1 aliphatic rings. The van der Waals surface area contributed by atoms with Crippen LogP contribution in [0.3, 0.4) is 0 Å². The zero-order valence-electron chi connectivity index (χ0n) is 10.0. The second kappa shape index (κ2) is 5.67. The SMILES string of the molecule is Cc1cccc(C(=O)CC2CCSCC2)c1F. The molecule has 2 rings (SSSR count). The predicted octanol–water partition coefficient (Wildman–Crippen LogP) is 3.85. The number of carbonyl (C=O) groups is 1. The van der Waals surface area contributed by atoms with Gasteiger partial charge in [0, 0.05) is 6.42 Å². The van der Waals surface area contributed by atoms with Gasteiger partial charge in [-0.3, -0.25) is 4.79 Å². The van der Waals surface area contributed by atoms with Crippen molar-refractivity contribution in [2.45, 2.75) is 26.2 Å². The number of rotatable bonds is 3. The highest BCUT2D eigenvalue weighted by Gasteiger charge is 2.20. The topological polar surface area (TPSA) is 17.1 Å². The fourth-order valence-electron chi connectivity index (χ4n) is 2.19. The normalized spacial score (nSPS) is 17.1. The number of benzene rings is 1. The Morgan fingerprint density at radius 1 is 1.41 bits per heavy atom. The Morgan fingerprint density at radius 2 is 2.12 bits per heavy atom. The summed E-state index contributed by atoms with van der Waals surface area (Å²) >= 11 is 1.94. The van der Waals surface area contributed by atoms with Gasteiger partial charge in [0.15, 0.2) is 5.78 Å². The highest BCUT2D eigenvalue weighted by Crippen LogP contribution is 2.27. The Morgan fingerprint density at radius 3 is 2.82 bits per heavy atom. The van der Waals surface area contributed by atoms with Crippen molar-refractivity contribution in [2.75, 3.05) is 11.5 Å². The first-order chi connectivity index (χ1) is 8.18. The number of aryl methyl sites for hydroxylation is 1. The van der Waals surface area contributed by atoms with Crippen LogP contribution in [0.1, 0.15) is 35.2 Å². The predicted molar refractivity (Wildman–Crippen MR) is 70.1 cm³/mol. The summed E-state index contributed by atoms with van der Waals surface area (Å²) in [5.74, 6) is 2.33. The minimum Gasteiger partial charge on any atom is -0.294 e. The lowest BCUT2D eigenvalue weighted by molar-refractivity contribution is 0.0954. The molecule has 1 aliphatic heterocycles. The number of hydrogen-bond acceptors (Lipinski definition) is 2. The first-order valence-electron chi connectivity index (χ1n) is 6.04. The molecule has 0 N–H and O–H groups in total. The summed E-state index contributed by atoms with van der Waals surface area (Å²) in [7, 11) is 0. The molecule has 1 heterocycles. The van der Waals surface area contributed by atoms with Crippen molar-refractivity contribution in [3.05, 3.63) is 35.1 Å². The molecule has 1 nitrogen and oxygen atoms in total. The van der Waals surface area contributed by atoms with Gasteiger partial charge < -0.3 is 0 Å². The van der Waals surface area contributed by atoms with Gasteiger partial charge in [0.1, 0.15) is 5.82 Å². The van der Waals surface area contributed by atoms with Gasteiger partial charge in [0.2, 0.25) is 0 Å². The third-order valence-corrected chi connectivity index (χ3v) is 4.36. The molecule has 0 spiro atoms. The van der Waals surface area contributed by atoms with Gasteiger partial charge in [-0.15, -0.1) is 0 Å². The third kappa shape index (κ3) is 3.09. The number of hydrogen-bond donors (Lipinski definition) is 0. The summed E-state index contributed by atoms with van der Waals surface area (Å²) in [5.41, 5.74) is 0.818. The third-order valence-electron chi connectivity index (χ3n) is 3.31. The molecule has 0 aromatic heterocycles. The smallest absolute Gasteiger partial charge is 0.166 e. The van der Waals surface area contributed by atoms with Gasteiger partial charge in [0.25, 0.3) is 0 Å². The van der Waals surface area contributed by atoms with Gasteiger partial charge in [-0.05, 0) is 48.8 Å². The molecule has 3 heteroatoms. The zero-order chi connectivity index (χ0) is 12.3. The molecule has 1 aromatic rings. The Balaban J connectivity index is 2.06. The van der Waals surface area contributed by atoms with Crippen molar-refractivity contribution in [3.8, 4) is 0 Å². The molecular formula is C14H17FOS. The maximum Gasteiger partial charge on any atom is 0.166 e. The van der Waals surface area contributed by atoms with E-state index in [-0.39, 0.29) is 17.2 Å². The highest BCUT2D eigenvalue weighted by molar-refractivity contribution is 7.99. The van der Waals surface area contributed by atoms with E-state index in [1.165, 1.54) is 0 Å². The molecule has 0 saturated carbocycles. The molecule has 92 valence electrons. The monoisotopic (exact) mass is 252 g/mol. The van der Waals surface area contributed by atoms with E-state index in [2.05, 4.69) is 0 Å². The van der Waals surface area contributed by atoms with Crippen LogP contribution in [0.2, 0.25) is 0 Å². The lowest BCUT2D eigenvalue weighted by Gasteiger charge is -2.20. The molecule has 1 fully saturated rings. The molecule has 0 amide bonds. The van der Waals surface area contributed by atoms with Crippen LogP contribution in [0.4, 0.5) is 4.39 Å². The van der Waals surface area contributed by atoms with Crippen molar-refractivity contribution < 1.29 is 9.18 Å². The molecule has 0 unspecified atom stereocenters. The van der Waals surface area contributed by atoms with Crippen LogP contribution in [0.15, 0.2) is 18.2 Å². The summed E-state index contributed by atoms with van der Waals surface area (Å²) in [6.45, 7) is 1.70. The number of halogens is 1. The van der Waals surface area contributed by atoms with E-state index in [1.54, 1.807) is 25.1 Å². The largest absolute Gasteiger partial charge is 0.294 e. The summed E-state index contributed by atoms with van der Waals surface area (Å²) in [4.78, 5) is 12.0. The van der Waals surface area contributed by atoms with E-state index in [0.717, 1.165) is 24.3 Å². The molecule has 0 atom stereocenters. The second-order valence-corrected chi connectivity index (χ2v) is 5.84. The van der Waals surface area contributed by atoms with E-state index in [0.29, 0.717) is 17.9 Å². The van der Waals surface area contributed by atoms with Crippen LogP contribution in [-0.2, 0) is 0 Å². The highest BCUT2D eigenvalue weighted by atomic mass is 32.2. The van der Waals surface area contributed by atoms with E-state index in [1.807, 2.05) is 11.8 Å². The van der Waals surface area contributed by atoms with Gasteiger partial charge in [-0.2, -0.15) is 11.8 Å². The molecule has 1 saturated heterocycles. The van der Waals surface area contributed by atoms with Crippen molar-refractivity contribution in [1.29, 1.82) is 0 Å². The molecule has 0 bridgehead atoms. The first kappa shape index (κ1) is 12.6. The van der Waals surface area contributed by atoms with E-state index < -0.39 is 0 Å². The van der Waals surface area contributed by atoms with E-state index >= 15 is 0 Å². The zero-order valence-corrected chi connectivity index (χ0v) is 10.9. The van der Waals surface area contributed by atoms with Crippen molar-refractivity contribution in [2.24, 2.45) is 5.92 Å². The summed E-state index contributed by atoms with van der Waals surface area (Å²) in [5, 5.41) is 0. The van der Waals surface area contributed by atoms with Crippen molar-refractivity contribution >= 4 is 17.5 Å². The summed E-state index contributed by atoms with van der Waals surface area (Å²) < 4.78 is 13.8. The average Bonchev–Trinajstić information content (AvgIpc) is 2.34. The molecular weight excluding hydrogens is 235 g/mol. The van der Waals surface area contributed by atoms with Gasteiger partial charge in [0.05, 0.1) is 5.56 Å². The van der Waals surface area contributed by atoms with Crippen molar-refractivity contribution in [3.63, 3.8) is 0 Å². The second-order valence-electron chi connectivity index (χ2n) is 4.62. The number of carbonyl (C=O) groups excluding carboxylic acids is 1. The quantitative estimate of drug-likeness (QED) is 0.760. The van der Waals surface area contributed by atoms with E-state index in [4.69, 9.17) is 0 Å². The molecule has 0 radical (unpaired) electrons.